The normalized spacial score (nSPS) is 12.4. The second-order valence-electron chi connectivity index (χ2n) is 12.5. The molecular weight excluding hydrogens is 700 g/mol. The third-order valence-corrected chi connectivity index (χ3v) is 7.90. The van der Waals surface area contributed by atoms with E-state index in [0.29, 0.717) is 59.7 Å². The van der Waals surface area contributed by atoms with Gasteiger partial charge in [-0.2, -0.15) is 0 Å². The molecule has 284 valence electrons. The minimum Gasteiger partial charge on any atom is -0.488 e. The molecule has 2 N–H and O–H groups in total. The Bertz CT molecular complexity index is 1790. The van der Waals surface area contributed by atoms with Gasteiger partial charge >= 0.3 is 11.9 Å². The molecule has 0 bridgehead atoms. The summed E-state index contributed by atoms with van der Waals surface area (Å²) in [6.07, 6.45) is 7.64. The summed E-state index contributed by atoms with van der Waals surface area (Å²) in [5.74, 6) is -5.40. The lowest BCUT2D eigenvalue weighted by Crippen LogP contribution is -2.25. The molecule has 5 rings (SSSR count). The number of nitrogens with zero attached hydrogens (tertiary/aromatic N) is 2. The van der Waals surface area contributed by atoms with Crippen molar-refractivity contribution in [2.24, 2.45) is 0 Å². The van der Waals surface area contributed by atoms with Gasteiger partial charge in [-0.1, -0.05) is 0 Å². The van der Waals surface area contributed by atoms with Gasteiger partial charge in [-0.15, -0.1) is 0 Å². The molecule has 4 aromatic rings. The van der Waals surface area contributed by atoms with E-state index in [1.54, 1.807) is 36.7 Å². The molecule has 0 atom stereocenters. The van der Waals surface area contributed by atoms with Gasteiger partial charge in [0.15, 0.2) is 34.8 Å². The first-order valence-corrected chi connectivity index (χ1v) is 17.3. The van der Waals surface area contributed by atoms with Crippen molar-refractivity contribution in [1.82, 2.24) is 9.97 Å². The largest absolute Gasteiger partial charge is 0.488 e. The highest BCUT2D eigenvalue weighted by Crippen LogP contribution is 2.36. The predicted molar refractivity (Wildman–Crippen MR) is 187 cm³/mol. The molecule has 0 saturated heterocycles. The van der Waals surface area contributed by atoms with E-state index in [2.05, 4.69) is 9.97 Å². The summed E-state index contributed by atoms with van der Waals surface area (Å²) in [4.78, 5) is 29.2. The third kappa shape index (κ3) is 12.4. The Kier molecular flexibility index (Phi) is 15.2. The Hall–Kier alpha value is -5.40. The first kappa shape index (κ1) is 40.4. The Balaban J connectivity index is 0.000000237. The number of carboxylic acid groups (broad SMARTS) is 2. The van der Waals surface area contributed by atoms with Crippen molar-refractivity contribution in [3.8, 4) is 45.5 Å². The second kappa shape index (κ2) is 20.0. The number of carbonyl (C=O) groups is 2. The molecule has 0 amide bonds. The minimum atomic E-state index is -0.914. The van der Waals surface area contributed by atoms with Crippen LogP contribution in [0.1, 0.15) is 71.6 Å². The molecule has 1 aliphatic rings. The lowest BCUT2D eigenvalue weighted by Gasteiger charge is -2.26. The number of unbranched alkanes of at least 4 members (excludes halogenated alkanes) is 2. The number of benzene rings is 2. The molecule has 2 aromatic carbocycles. The Morgan fingerprint density at radius 2 is 1.15 bits per heavy atom. The van der Waals surface area contributed by atoms with Crippen LogP contribution in [0.15, 0.2) is 60.9 Å². The van der Waals surface area contributed by atoms with Crippen LogP contribution < -0.4 is 18.9 Å². The Labute approximate surface area is 304 Å². The van der Waals surface area contributed by atoms with Crippen LogP contribution in [0.4, 0.5) is 17.6 Å². The topological polar surface area (TPSA) is 137 Å². The fourth-order valence-electron chi connectivity index (χ4n) is 5.09. The van der Waals surface area contributed by atoms with Crippen molar-refractivity contribution >= 4 is 11.9 Å². The molecule has 0 unspecified atom stereocenters. The lowest BCUT2D eigenvalue weighted by molar-refractivity contribution is -0.138. The first-order valence-electron chi connectivity index (χ1n) is 17.3. The van der Waals surface area contributed by atoms with Crippen LogP contribution in [0.25, 0.3) is 22.3 Å². The van der Waals surface area contributed by atoms with Gasteiger partial charge in [0.25, 0.3) is 0 Å². The van der Waals surface area contributed by atoms with Crippen molar-refractivity contribution in [2.75, 3.05) is 13.2 Å². The van der Waals surface area contributed by atoms with Gasteiger partial charge in [0.05, 0.1) is 19.3 Å². The summed E-state index contributed by atoms with van der Waals surface area (Å²) in [5.41, 5.74) is 1.62. The van der Waals surface area contributed by atoms with Crippen molar-refractivity contribution in [2.45, 2.75) is 83.8 Å². The molecule has 1 fully saturated rings. The zero-order valence-corrected chi connectivity index (χ0v) is 29.5. The van der Waals surface area contributed by atoms with E-state index in [9.17, 15) is 27.2 Å². The highest BCUT2D eigenvalue weighted by atomic mass is 19.1. The predicted octanol–water partition coefficient (Wildman–Crippen LogP) is 9.04. The number of pyridine rings is 2. The molecule has 1 aliphatic carbocycles. The summed E-state index contributed by atoms with van der Waals surface area (Å²) < 4.78 is 79.1. The molecule has 0 spiro atoms. The third-order valence-electron chi connectivity index (χ3n) is 7.90. The standard InChI is InChI=1S/C20H21F2NO4.C19H21F2NO4/c21-16-11-13(12-17(22)19(16)26-10-2-1-8-18(24)25)15-7-4-9-23-20(15)27-14-5-3-6-14;1-12(2)26-19-14(6-5-8-22-19)13-10-15(20)18(16(21)11-13)25-9-4-3-7-17(23)24/h4,7,9,11-12,14H,1-3,5-6,8,10H2,(H,24,25);5-6,8,10-12H,3-4,7,9H2,1-2H3,(H,23,24). The Morgan fingerprint density at radius 1 is 0.717 bits per heavy atom. The molecule has 2 aromatic heterocycles. The number of aromatic nitrogens is 2. The van der Waals surface area contributed by atoms with Crippen molar-refractivity contribution < 1.29 is 56.3 Å². The first-order chi connectivity index (χ1) is 25.4. The molecular formula is C39H42F4N2O8. The van der Waals surface area contributed by atoms with Crippen LogP contribution in [-0.2, 0) is 9.59 Å². The van der Waals surface area contributed by atoms with Gasteiger partial charge < -0.3 is 29.2 Å². The van der Waals surface area contributed by atoms with Gasteiger partial charge in [-0.05, 0) is 118 Å². The number of aliphatic carboxylic acids is 2. The number of halogens is 4. The molecule has 2 heterocycles. The maximum atomic E-state index is 14.4. The van der Waals surface area contributed by atoms with Crippen molar-refractivity contribution in [3.63, 3.8) is 0 Å². The average molecular weight is 743 g/mol. The monoisotopic (exact) mass is 742 g/mol. The maximum absolute atomic E-state index is 14.4. The van der Waals surface area contributed by atoms with E-state index in [-0.39, 0.29) is 38.3 Å². The minimum absolute atomic E-state index is 0.00194. The van der Waals surface area contributed by atoms with E-state index in [4.69, 9.17) is 29.2 Å². The van der Waals surface area contributed by atoms with Crippen LogP contribution in [-0.4, -0.2) is 57.5 Å². The van der Waals surface area contributed by atoms with E-state index >= 15 is 0 Å². The number of rotatable bonds is 18. The number of carboxylic acids is 2. The van der Waals surface area contributed by atoms with Gasteiger partial charge in [-0.3, -0.25) is 9.59 Å². The van der Waals surface area contributed by atoms with Crippen molar-refractivity contribution in [3.05, 3.63) is 84.2 Å². The van der Waals surface area contributed by atoms with Crippen molar-refractivity contribution in [1.29, 1.82) is 0 Å². The molecule has 14 heteroatoms. The van der Waals surface area contributed by atoms with Gasteiger partial charge in [0, 0.05) is 36.4 Å². The number of ether oxygens (including phenoxy) is 4. The second-order valence-corrected chi connectivity index (χ2v) is 12.5. The zero-order valence-electron chi connectivity index (χ0n) is 29.5. The van der Waals surface area contributed by atoms with Crippen LogP contribution in [0.3, 0.4) is 0 Å². The highest BCUT2D eigenvalue weighted by molar-refractivity contribution is 5.70. The fourth-order valence-corrected chi connectivity index (χ4v) is 5.09. The van der Waals surface area contributed by atoms with E-state index in [0.717, 1.165) is 19.3 Å². The average Bonchev–Trinajstić information content (AvgIpc) is 3.08. The molecule has 1 saturated carbocycles. The summed E-state index contributed by atoms with van der Waals surface area (Å²) in [6, 6.07) is 11.4. The summed E-state index contributed by atoms with van der Waals surface area (Å²) in [5, 5.41) is 17.1. The summed E-state index contributed by atoms with van der Waals surface area (Å²) in [7, 11) is 0. The molecule has 53 heavy (non-hydrogen) atoms. The van der Waals surface area contributed by atoms with Crippen LogP contribution in [0.2, 0.25) is 0 Å². The van der Waals surface area contributed by atoms with Crippen LogP contribution in [0.5, 0.6) is 23.3 Å². The van der Waals surface area contributed by atoms with E-state index in [1.165, 1.54) is 24.3 Å². The van der Waals surface area contributed by atoms with Gasteiger partial charge in [0.2, 0.25) is 11.8 Å². The molecule has 0 aliphatic heterocycles. The van der Waals surface area contributed by atoms with Crippen LogP contribution in [0, 0.1) is 23.3 Å². The van der Waals surface area contributed by atoms with Gasteiger partial charge in [-0.25, -0.2) is 27.5 Å². The zero-order chi connectivity index (χ0) is 38.3. The summed E-state index contributed by atoms with van der Waals surface area (Å²) >= 11 is 0. The smallest absolute Gasteiger partial charge is 0.303 e. The van der Waals surface area contributed by atoms with E-state index < -0.39 is 46.7 Å². The SMILES string of the molecule is CC(C)Oc1ncccc1-c1cc(F)c(OCCCCC(=O)O)c(F)c1.O=C(O)CCCCOc1c(F)cc(-c2cccnc2OC2CCC2)cc1F. The Morgan fingerprint density at radius 3 is 1.55 bits per heavy atom. The quantitative estimate of drug-likeness (QED) is 0.0751. The van der Waals surface area contributed by atoms with Crippen LogP contribution >= 0.6 is 0 Å². The lowest BCUT2D eigenvalue weighted by atomic mass is 9.96. The summed E-state index contributed by atoms with van der Waals surface area (Å²) in [6.45, 7) is 3.75. The maximum Gasteiger partial charge on any atom is 0.303 e. The highest BCUT2D eigenvalue weighted by Gasteiger charge is 2.23. The molecule has 10 nitrogen and oxygen atoms in total. The molecule has 0 radical (unpaired) electrons. The van der Waals surface area contributed by atoms with Gasteiger partial charge in [0.1, 0.15) is 6.10 Å². The fraction of sp³-hybridized carbons (Fsp3) is 0.385. The number of hydrogen-bond acceptors (Lipinski definition) is 8. The van der Waals surface area contributed by atoms with E-state index in [1.807, 2.05) is 13.8 Å². The number of hydrogen-bond donors (Lipinski definition) is 2.